The smallest absolute Gasteiger partial charge is 0.279 e. The number of hydrogen-bond acceptors (Lipinski definition) is 5. The van der Waals surface area contributed by atoms with Crippen molar-refractivity contribution < 1.29 is 4.92 Å². The van der Waals surface area contributed by atoms with Gasteiger partial charge in [-0.15, -0.1) is 0 Å². The third-order valence-corrected chi connectivity index (χ3v) is 2.85. The van der Waals surface area contributed by atoms with Crippen LogP contribution < -0.4 is 5.73 Å². The van der Waals surface area contributed by atoms with Gasteiger partial charge in [0.15, 0.2) is 0 Å². The third-order valence-electron chi connectivity index (χ3n) is 2.85. The number of aromatic nitrogens is 3. The number of H-pyrrole nitrogens is 1. The predicted molar refractivity (Wildman–Crippen MR) is 70.4 cm³/mol. The average Bonchev–Trinajstić information content (AvgIpc) is 2.85. The summed E-state index contributed by atoms with van der Waals surface area (Å²) < 4.78 is 0. The van der Waals surface area contributed by atoms with Gasteiger partial charge in [0.05, 0.1) is 22.2 Å². The van der Waals surface area contributed by atoms with Gasteiger partial charge in [-0.3, -0.25) is 15.2 Å². The van der Waals surface area contributed by atoms with Crippen LogP contribution in [-0.2, 0) is 0 Å². The molecule has 7 nitrogen and oxygen atoms in total. The second-order valence-corrected chi connectivity index (χ2v) is 4.06. The van der Waals surface area contributed by atoms with E-state index in [1.54, 1.807) is 24.4 Å². The molecule has 0 aliphatic carbocycles. The molecule has 2 heterocycles. The van der Waals surface area contributed by atoms with Gasteiger partial charge in [0.25, 0.3) is 5.69 Å². The Kier molecular flexibility index (Phi) is 2.38. The molecule has 0 atom stereocenters. The lowest BCUT2D eigenvalue weighted by molar-refractivity contribution is -0.384. The molecule has 3 rings (SSSR count). The number of benzene rings is 1. The van der Waals surface area contributed by atoms with E-state index in [2.05, 4.69) is 15.2 Å². The zero-order valence-electron chi connectivity index (χ0n) is 9.70. The van der Waals surface area contributed by atoms with Crippen molar-refractivity contribution in [3.05, 3.63) is 46.8 Å². The van der Waals surface area contributed by atoms with E-state index < -0.39 is 4.92 Å². The van der Waals surface area contributed by atoms with Crippen molar-refractivity contribution in [3.8, 4) is 11.1 Å². The summed E-state index contributed by atoms with van der Waals surface area (Å²) in [5.41, 5.74) is 7.28. The van der Waals surface area contributed by atoms with Gasteiger partial charge in [-0.25, -0.2) is 4.98 Å². The van der Waals surface area contributed by atoms with Crippen LogP contribution in [0.5, 0.6) is 0 Å². The minimum absolute atomic E-state index is 0.00308. The number of nitrogens with one attached hydrogen (secondary N) is 1. The van der Waals surface area contributed by atoms with Crippen LogP contribution in [-0.4, -0.2) is 20.1 Å². The van der Waals surface area contributed by atoms with E-state index in [1.165, 1.54) is 12.3 Å². The average molecular weight is 255 g/mol. The highest BCUT2D eigenvalue weighted by molar-refractivity contribution is 5.89. The molecule has 0 fully saturated rings. The molecule has 3 N–H and O–H groups in total. The fourth-order valence-corrected chi connectivity index (χ4v) is 1.93. The number of nitro benzene ring substituents is 1. The standard InChI is InChI=1S/C12H9N5O2/c13-12-2-1-7(5-14-12)9-3-8-6-15-16-10(8)4-11(9)17(18)19/h1-6H,(H2,13,14)(H,15,16). The summed E-state index contributed by atoms with van der Waals surface area (Å²) >= 11 is 0. The minimum Gasteiger partial charge on any atom is -0.384 e. The maximum Gasteiger partial charge on any atom is 0.279 e. The lowest BCUT2D eigenvalue weighted by atomic mass is 10.0. The molecule has 0 saturated carbocycles. The molecular weight excluding hydrogens is 246 g/mol. The highest BCUT2D eigenvalue weighted by Gasteiger charge is 2.17. The topological polar surface area (TPSA) is 111 Å². The van der Waals surface area contributed by atoms with E-state index in [0.717, 1.165) is 5.39 Å². The molecule has 0 radical (unpaired) electrons. The molecule has 3 aromatic rings. The van der Waals surface area contributed by atoms with Gasteiger partial charge in [0, 0.05) is 23.2 Å². The van der Waals surface area contributed by atoms with Crippen molar-refractivity contribution in [2.45, 2.75) is 0 Å². The molecule has 0 saturated heterocycles. The van der Waals surface area contributed by atoms with Crippen LogP contribution in [0.3, 0.4) is 0 Å². The van der Waals surface area contributed by atoms with Crippen molar-refractivity contribution >= 4 is 22.4 Å². The van der Waals surface area contributed by atoms with Gasteiger partial charge in [-0.1, -0.05) is 0 Å². The van der Waals surface area contributed by atoms with E-state index in [0.29, 0.717) is 22.5 Å². The number of pyridine rings is 1. The summed E-state index contributed by atoms with van der Waals surface area (Å²) in [7, 11) is 0. The summed E-state index contributed by atoms with van der Waals surface area (Å²) in [6.07, 6.45) is 3.14. The molecule has 0 aliphatic rings. The SMILES string of the molecule is Nc1ccc(-c2cc3cn[nH]c3cc2[N+](=O)[O-])cn1. The van der Waals surface area contributed by atoms with E-state index in [9.17, 15) is 10.1 Å². The highest BCUT2D eigenvalue weighted by Crippen LogP contribution is 2.33. The normalized spacial score (nSPS) is 10.7. The molecule has 0 amide bonds. The van der Waals surface area contributed by atoms with Crippen LogP contribution >= 0.6 is 0 Å². The molecule has 0 spiro atoms. The molecule has 1 aromatic carbocycles. The molecule has 0 bridgehead atoms. The zero-order valence-corrected chi connectivity index (χ0v) is 9.70. The maximum absolute atomic E-state index is 11.2. The Balaban J connectivity index is 2.28. The maximum atomic E-state index is 11.2. The Morgan fingerprint density at radius 1 is 1.26 bits per heavy atom. The fraction of sp³-hybridized carbons (Fsp3) is 0. The van der Waals surface area contributed by atoms with E-state index >= 15 is 0 Å². The third kappa shape index (κ3) is 1.86. The summed E-state index contributed by atoms with van der Waals surface area (Å²) in [5.74, 6) is 0.371. The molecule has 0 unspecified atom stereocenters. The minimum atomic E-state index is -0.425. The number of anilines is 1. The molecule has 94 valence electrons. The van der Waals surface area contributed by atoms with Crippen molar-refractivity contribution in [3.63, 3.8) is 0 Å². The Morgan fingerprint density at radius 3 is 2.79 bits per heavy atom. The van der Waals surface area contributed by atoms with Crippen molar-refractivity contribution in [1.82, 2.24) is 15.2 Å². The lowest BCUT2D eigenvalue weighted by Crippen LogP contribution is -1.94. The van der Waals surface area contributed by atoms with Crippen LogP contribution in [0.1, 0.15) is 0 Å². The van der Waals surface area contributed by atoms with Crippen molar-refractivity contribution in [1.29, 1.82) is 0 Å². The van der Waals surface area contributed by atoms with Crippen molar-refractivity contribution in [2.24, 2.45) is 0 Å². The Labute approximate surface area is 107 Å². The quantitative estimate of drug-likeness (QED) is 0.538. The molecular formula is C12H9N5O2. The first-order chi connectivity index (χ1) is 9.15. The van der Waals surface area contributed by atoms with Gasteiger partial charge >= 0.3 is 0 Å². The Morgan fingerprint density at radius 2 is 2.11 bits per heavy atom. The second-order valence-electron chi connectivity index (χ2n) is 4.06. The van der Waals surface area contributed by atoms with Crippen LogP contribution in [0, 0.1) is 10.1 Å². The summed E-state index contributed by atoms with van der Waals surface area (Å²) in [4.78, 5) is 14.7. The summed E-state index contributed by atoms with van der Waals surface area (Å²) in [5, 5.41) is 18.5. The summed E-state index contributed by atoms with van der Waals surface area (Å²) in [6, 6.07) is 6.49. The van der Waals surface area contributed by atoms with E-state index in [1.807, 2.05) is 0 Å². The molecule has 2 aromatic heterocycles. The number of aromatic amines is 1. The number of nitrogens with two attached hydrogens (primary N) is 1. The van der Waals surface area contributed by atoms with Gasteiger partial charge in [0.2, 0.25) is 0 Å². The first-order valence-corrected chi connectivity index (χ1v) is 5.48. The van der Waals surface area contributed by atoms with Crippen LogP contribution in [0.2, 0.25) is 0 Å². The van der Waals surface area contributed by atoms with Gasteiger partial charge < -0.3 is 5.73 Å². The molecule has 7 heteroatoms. The fourth-order valence-electron chi connectivity index (χ4n) is 1.93. The summed E-state index contributed by atoms with van der Waals surface area (Å²) in [6.45, 7) is 0. The Bertz CT molecular complexity index is 763. The first-order valence-electron chi connectivity index (χ1n) is 5.48. The van der Waals surface area contributed by atoms with Gasteiger partial charge in [0.1, 0.15) is 5.82 Å². The highest BCUT2D eigenvalue weighted by atomic mass is 16.6. The molecule has 0 aliphatic heterocycles. The van der Waals surface area contributed by atoms with Crippen LogP contribution in [0.15, 0.2) is 36.7 Å². The van der Waals surface area contributed by atoms with Crippen LogP contribution in [0.25, 0.3) is 22.0 Å². The number of hydrogen-bond donors (Lipinski definition) is 2. The predicted octanol–water partition coefficient (Wildman–Crippen LogP) is 2.12. The van der Waals surface area contributed by atoms with Crippen molar-refractivity contribution in [2.75, 3.05) is 5.73 Å². The number of fused-ring (bicyclic) bond motifs is 1. The first kappa shape index (κ1) is 11.1. The van der Waals surface area contributed by atoms with E-state index in [-0.39, 0.29) is 5.69 Å². The van der Waals surface area contributed by atoms with Gasteiger partial charge in [-0.05, 0) is 18.2 Å². The van der Waals surface area contributed by atoms with Crippen LogP contribution in [0.4, 0.5) is 11.5 Å². The number of nitro groups is 1. The van der Waals surface area contributed by atoms with E-state index in [4.69, 9.17) is 5.73 Å². The number of nitrogens with zero attached hydrogens (tertiary/aromatic N) is 3. The van der Waals surface area contributed by atoms with Gasteiger partial charge in [-0.2, -0.15) is 5.10 Å². The lowest BCUT2D eigenvalue weighted by Gasteiger charge is -2.03. The number of nitrogen functional groups attached to an aromatic ring is 1. The monoisotopic (exact) mass is 255 g/mol. The largest absolute Gasteiger partial charge is 0.384 e. The Hall–Kier alpha value is -2.96. The molecule has 19 heavy (non-hydrogen) atoms. The second kappa shape index (κ2) is 4.05. The zero-order chi connectivity index (χ0) is 13.4. The number of rotatable bonds is 2.